The van der Waals surface area contributed by atoms with Gasteiger partial charge in [0.15, 0.2) is 0 Å². The number of anilines is 1. The van der Waals surface area contributed by atoms with Crippen LogP contribution in [0.3, 0.4) is 0 Å². The first-order chi connectivity index (χ1) is 9.03. The number of hydrogen-bond donors (Lipinski definition) is 2. The number of benzene rings is 1. The molecule has 0 saturated carbocycles. The predicted molar refractivity (Wildman–Crippen MR) is 72.5 cm³/mol. The van der Waals surface area contributed by atoms with E-state index in [0.717, 1.165) is 0 Å². The number of aromatic amines is 1. The molecule has 2 rings (SSSR count). The summed E-state index contributed by atoms with van der Waals surface area (Å²) in [4.78, 5) is 3.96. The molecule has 9 heteroatoms. The van der Waals surface area contributed by atoms with E-state index in [-0.39, 0.29) is 16.9 Å². The van der Waals surface area contributed by atoms with Crippen LogP contribution in [-0.4, -0.2) is 30.2 Å². The summed E-state index contributed by atoms with van der Waals surface area (Å²) in [6.45, 7) is 2.18. The van der Waals surface area contributed by atoms with Crippen molar-refractivity contribution in [1.82, 2.24) is 15.2 Å². The molecule has 0 bridgehead atoms. The van der Waals surface area contributed by atoms with Crippen LogP contribution in [0.5, 0.6) is 6.01 Å². The van der Waals surface area contributed by atoms with Crippen LogP contribution in [0.2, 0.25) is 0 Å². The fourth-order valence-corrected chi connectivity index (χ4v) is 3.29. The highest BCUT2D eigenvalue weighted by molar-refractivity contribution is 9.10. The Labute approximate surface area is 118 Å². The Morgan fingerprint density at radius 1 is 1.42 bits per heavy atom. The minimum Gasteiger partial charge on any atom is -0.463 e. The summed E-state index contributed by atoms with van der Waals surface area (Å²) in [5, 5.41) is 6.15. The molecule has 0 unspecified atom stereocenters. The van der Waals surface area contributed by atoms with Crippen LogP contribution in [0.25, 0.3) is 0 Å². The number of halogens is 1. The summed E-state index contributed by atoms with van der Waals surface area (Å²) in [5.41, 5.74) is 0. The van der Waals surface area contributed by atoms with Crippen LogP contribution in [0, 0.1) is 0 Å². The van der Waals surface area contributed by atoms with E-state index >= 15 is 0 Å². The molecule has 0 saturated heterocycles. The maximum atomic E-state index is 12.1. The van der Waals surface area contributed by atoms with E-state index in [2.05, 4.69) is 35.8 Å². The van der Waals surface area contributed by atoms with E-state index in [4.69, 9.17) is 4.74 Å². The average molecular weight is 347 g/mol. The van der Waals surface area contributed by atoms with Gasteiger partial charge in [-0.05, 0) is 35.0 Å². The van der Waals surface area contributed by atoms with Crippen molar-refractivity contribution in [2.45, 2.75) is 11.8 Å². The number of sulfonamides is 1. The summed E-state index contributed by atoms with van der Waals surface area (Å²) >= 11 is 3.19. The van der Waals surface area contributed by atoms with Gasteiger partial charge < -0.3 is 4.74 Å². The number of nitrogens with zero attached hydrogens (tertiary/aromatic N) is 2. The zero-order valence-electron chi connectivity index (χ0n) is 9.92. The van der Waals surface area contributed by atoms with Gasteiger partial charge in [-0.25, -0.2) is 18.2 Å². The quantitative estimate of drug-likeness (QED) is 0.859. The molecule has 0 fully saturated rings. The number of aromatic nitrogens is 3. The molecule has 0 aliphatic rings. The Balaban J connectivity index is 2.24. The lowest BCUT2D eigenvalue weighted by atomic mass is 10.4. The molecule has 7 nitrogen and oxygen atoms in total. The van der Waals surface area contributed by atoms with Gasteiger partial charge in [-0.15, -0.1) is 5.10 Å². The van der Waals surface area contributed by atoms with Crippen molar-refractivity contribution in [3.8, 4) is 6.01 Å². The number of hydrogen-bond acceptors (Lipinski definition) is 5. The Morgan fingerprint density at radius 2 is 2.16 bits per heavy atom. The first-order valence-corrected chi connectivity index (χ1v) is 7.63. The lowest BCUT2D eigenvalue weighted by molar-refractivity contribution is 0.314. The Morgan fingerprint density at radius 3 is 2.84 bits per heavy atom. The highest BCUT2D eigenvalue weighted by Gasteiger charge is 2.19. The highest BCUT2D eigenvalue weighted by atomic mass is 79.9. The second-order valence-electron chi connectivity index (χ2n) is 3.44. The zero-order chi connectivity index (χ0) is 13.9. The van der Waals surface area contributed by atoms with E-state index in [1.54, 1.807) is 25.1 Å². The smallest absolute Gasteiger partial charge is 0.337 e. The van der Waals surface area contributed by atoms with Gasteiger partial charge in [0.05, 0.1) is 6.61 Å². The number of ether oxygens (including phenoxy) is 1. The minimum atomic E-state index is -3.73. The second kappa shape index (κ2) is 5.57. The van der Waals surface area contributed by atoms with Crippen LogP contribution in [-0.2, 0) is 10.0 Å². The van der Waals surface area contributed by atoms with E-state index < -0.39 is 10.0 Å². The van der Waals surface area contributed by atoms with Crippen LogP contribution >= 0.6 is 15.9 Å². The standard InChI is InChI=1S/C10H11BrN4O3S/c1-2-18-10-12-9(13-14-10)15-19(16,17)8-6-4-3-5-7(8)11/h3-6H,2H2,1H3,(H2,12,13,14,15). The van der Waals surface area contributed by atoms with E-state index in [1.165, 1.54) is 6.07 Å². The minimum absolute atomic E-state index is 0.000738. The molecule has 1 aromatic carbocycles. The number of nitrogens with one attached hydrogen (secondary N) is 2. The summed E-state index contributed by atoms with van der Waals surface area (Å²) in [7, 11) is -3.73. The van der Waals surface area contributed by atoms with E-state index in [9.17, 15) is 8.42 Å². The Bertz CT molecular complexity index is 671. The largest absolute Gasteiger partial charge is 0.463 e. The normalized spacial score (nSPS) is 11.3. The van der Waals surface area contributed by atoms with Gasteiger partial charge in [0, 0.05) is 4.47 Å². The van der Waals surface area contributed by atoms with Gasteiger partial charge >= 0.3 is 6.01 Å². The Hall–Kier alpha value is -1.61. The molecule has 19 heavy (non-hydrogen) atoms. The molecule has 0 atom stereocenters. The molecule has 102 valence electrons. The number of rotatable bonds is 5. The zero-order valence-corrected chi connectivity index (χ0v) is 12.3. The lowest BCUT2D eigenvalue weighted by Crippen LogP contribution is -2.14. The van der Waals surface area contributed by atoms with Crippen LogP contribution < -0.4 is 9.46 Å². The van der Waals surface area contributed by atoms with Gasteiger partial charge in [0.2, 0.25) is 5.95 Å². The fraction of sp³-hybridized carbons (Fsp3) is 0.200. The second-order valence-corrected chi connectivity index (χ2v) is 5.94. The van der Waals surface area contributed by atoms with Crippen LogP contribution in [0.1, 0.15) is 6.92 Å². The molecule has 0 aliphatic carbocycles. The van der Waals surface area contributed by atoms with Gasteiger partial charge in [-0.2, -0.15) is 4.98 Å². The van der Waals surface area contributed by atoms with Crippen molar-refractivity contribution in [1.29, 1.82) is 0 Å². The van der Waals surface area contributed by atoms with Crippen molar-refractivity contribution in [2.75, 3.05) is 11.3 Å². The van der Waals surface area contributed by atoms with Crippen molar-refractivity contribution in [3.05, 3.63) is 28.7 Å². The van der Waals surface area contributed by atoms with Gasteiger partial charge in [-0.3, -0.25) is 0 Å². The SMILES string of the molecule is CCOc1n[nH]c(NS(=O)(=O)c2ccccc2Br)n1. The van der Waals surface area contributed by atoms with E-state index in [1.807, 2.05) is 0 Å². The van der Waals surface area contributed by atoms with Gasteiger partial charge in [-0.1, -0.05) is 12.1 Å². The molecule has 0 spiro atoms. The summed E-state index contributed by atoms with van der Waals surface area (Å²) in [5.74, 6) is -0.000738. The maximum absolute atomic E-state index is 12.1. The molecule has 2 N–H and O–H groups in total. The third-order valence-corrected chi connectivity index (χ3v) is 4.45. The van der Waals surface area contributed by atoms with Gasteiger partial charge in [0.1, 0.15) is 4.90 Å². The molecule has 0 amide bonds. The summed E-state index contributed by atoms with van der Waals surface area (Å²) < 4.78 is 32.0. The first-order valence-electron chi connectivity index (χ1n) is 5.35. The average Bonchev–Trinajstić information content (AvgIpc) is 2.76. The third kappa shape index (κ3) is 3.24. The first kappa shape index (κ1) is 13.8. The molecule has 0 radical (unpaired) electrons. The van der Waals surface area contributed by atoms with Crippen molar-refractivity contribution < 1.29 is 13.2 Å². The molecular formula is C10H11BrN4O3S. The predicted octanol–water partition coefficient (Wildman–Crippen LogP) is 1.77. The Kier molecular flexibility index (Phi) is 4.05. The third-order valence-electron chi connectivity index (χ3n) is 2.10. The lowest BCUT2D eigenvalue weighted by Gasteiger charge is -2.06. The van der Waals surface area contributed by atoms with Crippen molar-refractivity contribution >= 4 is 31.9 Å². The number of H-pyrrole nitrogens is 1. The van der Waals surface area contributed by atoms with Crippen LogP contribution in [0.4, 0.5) is 5.95 Å². The topological polar surface area (TPSA) is 97.0 Å². The maximum Gasteiger partial charge on any atom is 0.337 e. The summed E-state index contributed by atoms with van der Waals surface area (Å²) in [6.07, 6.45) is 0. The van der Waals surface area contributed by atoms with Crippen molar-refractivity contribution in [3.63, 3.8) is 0 Å². The molecular weight excluding hydrogens is 336 g/mol. The highest BCUT2D eigenvalue weighted by Crippen LogP contribution is 2.22. The van der Waals surface area contributed by atoms with Crippen LogP contribution in [0.15, 0.2) is 33.6 Å². The summed E-state index contributed by atoms with van der Waals surface area (Å²) in [6, 6.07) is 6.57. The molecule has 1 heterocycles. The molecule has 0 aliphatic heterocycles. The van der Waals surface area contributed by atoms with Gasteiger partial charge in [0.25, 0.3) is 10.0 Å². The molecule has 1 aromatic heterocycles. The fourth-order valence-electron chi connectivity index (χ4n) is 1.33. The monoisotopic (exact) mass is 346 g/mol. The molecule has 2 aromatic rings. The van der Waals surface area contributed by atoms with Crippen molar-refractivity contribution in [2.24, 2.45) is 0 Å². The van der Waals surface area contributed by atoms with E-state index in [0.29, 0.717) is 11.1 Å².